The molecular formula is C28H31N7O4. The molecule has 0 spiro atoms. The van der Waals surface area contributed by atoms with Gasteiger partial charge in [-0.3, -0.25) is 20.1 Å². The van der Waals surface area contributed by atoms with Gasteiger partial charge in [0.05, 0.1) is 5.69 Å². The third kappa shape index (κ3) is 7.23. The summed E-state index contributed by atoms with van der Waals surface area (Å²) in [4.78, 5) is 27.1. The highest BCUT2D eigenvalue weighted by Crippen LogP contribution is 2.21. The predicted octanol–water partition coefficient (Wildman–Crippen LogP) is 4.42. The van der Waals surface area contributed by atoms with Crippen LogP contribution in [0.2, 0.25) is 0 Å². The number of aromatic amines is 1. The van der Waals surface area contributed by atoms with E-state index < -0.39 is 0 Å². The molecule has 0 radical (unpaired) electrons. The second-order valence-electron chi connectivity index (χ2n) is 9.37. The fraction of sp³-hybridized carbons (Fsp3) is 0.286. The van der Waals surface area contributed by atoms with Crippen molar-refractivity contribution in [2.45, 2.75) is 26.3 Å². The van der Waals surface area contributed by atoms with Gasteiger partial charge in [-0.25, -0.2) is 4.79 Å². The SMILES string of the molecule is Cc1cc(NC(=O)NCc2ccc(-c3cc(NC(=O)c4ccc(OCCN5CCCC5)cc4)[nH]n3)cc2)no1. The lowest BCUT2D eigenvalue weighted by Crippen LogP contribution is -2.28. The number of nitrogens with one attached hydrogen (secondary N) is 4. The fourth-order valence-electron chi connectivity index (χ4n) is 4.29. The van der Waals surface area contributed by atoms with Crippen LogP contribution >= 0.6 is 0 Å². The molecule has 3 heterocycles. The van der Waals surface area contributed by atoms with Gasteiger partial charge in [-0.15, -0.1) is 0 Å². The minimum Gasteiger partial charge on any atom is -0.492 e. The molecular weight excluding hydrogens is 498 g/mol. The molecule has 11 heteroatoms. The lowest BCUT2D eigenvalue weighted by atomic mass is 10.1. The molecule has 0 aliphatic carbocycles. The number of rotatable bonds is 10. The number of amides is 3. The number of benzene rings is 2. The van der Waals surface area contributed by atoms with Crippen molar-refractivity contribution >= 4 is 23.6 Å². The van der Waals surface area contributed by atoms with Crippen LogP contribution in [0.25, 0.3) is 11.3 Å². The first-order valence-corrected chi connectivity index (χ1v) is 12.9. The summed E-state index contributed by atoms with van der Waals surface area (Å²) in [5, 5.41) is 19.1. The zero-order valence-corrected chi connectivity index (χ0v) is 21.7. The Hall–Kier alpha value is -4.64. The van der Waals surface area contributed by atoms with Gasteiger partial charge in [0.15, 0.2) is 5.82 Å². The van der Waals surface area contributed by atoms with E-state index in [0.717, 1.165) is 36.5 Å². The van der Waals surface area contributed by atoms with E-state index in [9.17, 15) is 9.59 Å². The summed E-state index contributed by atoms with van der Waals surface area (Å²) in [6.45, 7) is 5.94. The molecule has 1 aliphatic heterocycles. The molecule has 11 nitrogen and oxygen atoms in total. The molecule has 3 amide bonds. The van der Waals surface area contributed by atoms with Gasteiger partial charge in [0, 0.05) is 36.3 Å². The average Bonchev–Trinajstić information content (AvgIpc) is 3.72. The van der Waals surface area contributed by atoms with E-state index in [1.165, 1.54) is 12.8 Å². The van der Waals surface area contributed by atoms with Gasteiger partial charge in [0.1, 0.15) is 23.9 Å². The number of nitrogens with zero attached hydrogens (tertiary/aromatic N) is 3. The quantitative estimate of drug-likeness (QED) is 0.239. The number of hydrogen-bond acceptors (Lipinski definition) is 7. The molecule has 0 atom stereocenters. The molecule has 1 fully saturated rings. The van der Waals surface area contributed by atoms with Gasteiger partial charge in [-0.1, -0.05) is 29.4 Å². The van der Waals surface area contributed by atoms with Crippen molar-refractivity contribution in [2.24, 2.45) is 0 Å². The highest BCUT2D eigenvalue weighted by Gasteiger charge is 2.12. The number of ether oxygens (including phenoxy) is 1. The molecule has 2 aromatic heterocycles. The van der Waals surface area contributed by atoms with Crippen molar-refractivity contribution < 1.29 is 18.8 Å². The lowest BCUT2D eigenvalue weighted by molar-refractivity contribution is 0.102. The summed E-state index contributed by atoms with van der Waals surface area (Å²) in [5.74, 6) is 1.97. The third-order valence-electron chi connectivity index (χ3n) is 6.39. The van der Waals surface area contributed by atoms with Crippen LogP contribution in [0.4, 0.5) is 16.4 Å². The minimum atomic E-state index is -0.375. The maximum absolute atomic E-state index is 12.7. The molecule has 4 aromatic rings. The van der Waals surface area contributed by atoms with Gasteiger partial charge in [-0.2, -0.15) is 5.10 Å². The second kappa shape index (κ2) is 12.3. The standard InChI is InChI=1S/C28H31N7O4/c1-19-16-26(34-39-19)31-28(37)29-18-20-4-6-21(7-5-20)24-17-25(33-32-24)30-27(36)22-8-10-23(11-9-22)38-15-14-35-12-2-3-13-35/h4-11,16-17H,2-3,12-15,18H2,1H3,(H2,29,31,34,37)(H2,30,32,33,36). The summed E-state index contributed by atoms with van der Waals surface area (Å²) in [7, 11) is 0. The minimum absolute atomic E-state index is 0.241. The van der Waals surface area contributed by atoms with E-state index >= 15 is 0 Å². The van der Waals surface area contributed by atoms with Gasteiger partial charge in [0.2, 0.25) is 0 Å². The van der Waals surface area contributed by atoms with E-state index in [1.54, 1.807) is 31.2 Å². The molecule has 2 aromatic carbocycles. The van der Waals surface area contributed by atoms with Crippen molar-refractivity contribution in [3.05, 3.63) is 77.6 Å². The van der Waals surface area contributed by atoms with Crippen LogP contribution in [0.15, 0.2) is 65.2 Å². The average molecular weight is 530 g/mol. The highest BCUT2D eigenvalue weighted by atomic mass is 16.5. The number of aryl methyl sites for hydroxylation is 1. The maximum atomic E-state index is 12.7. The van der Waals surface area contributed by atoms with E-state index in [1.807, 2.05) is 36.4 Å². The van der Waals surface area contributed by atoms with E-state index in [0.29, 0.717) is 41.8 Å². The number of aromatic nitrogens is 3. The van der Waals surface area contributed by atoms with Crippen molar-refractivity contribution in [3.63, 3.8) is 0 Å². The van der Waals surface area contributed by atoms with Crippen LogP contribution in [0.5, 0.6) is 5.75 Å². The Labute approximate surface area is 225 Å². The van der Waals surface area contributed by atoms with Crippen LogP contribution in [-0.4, -0.2) is 58.4 Å². The van der Waals surface area contributed by atoms with E-state index in [2.05, 4.69) is 36.2 Å². The van der Waals surface area contributed by atoms with E-state index in [-0.39, 0.29) is 11.9 Å². The molecule has 1 aliphatic rings. The van der Waals surface area contributed by atoms with Crippen LogP contribution in [-0.2, 0) is 6.54 Å². The van der Waals surface area contributed by atoms with E-state index in [4.69, 9.17) is 9.26 Å². The zero-order valence-electron chi connectivity index (χ0n) is 21.7. The first-order chi connectivity index (χ1) is 19.0. The summed E-state index contributed by atoms with van der Waals surface area (Å²) in [6.07, 6.45) is 2.53. The van der Waals surface area contributed by atoms with Crippen LogP contribution < -0.4 is 20.7 Å². The number of urea groups is 1. The van der Waals surface area contributed by atoms with Crippen LogP contribution in [0.1, 0.15) is 34.5 Å². The number of H-pyrrole nitrogens is 1. The molecule has 5 rings (SSSR count). The Kier molecular flexibility index (Phi) is 8.18. The van der Waals surface area contributed by atoms with Gasteiger partial charge in [-0.05, 0) is 62.7 Å². The molecule has 0 unspecified atom stereocenters. The Morgan fingerprint density at radius 2 is 1.79 bits per heavy atom. The number of carbonyl (C=O) groups is 2. The summed E-state index contributed by atoms with van der Waals surface area (Å²) < 4.78 is 10.7. The Bertz CT molecular complexity index is 1390. The fourth-order valence-corrected chi connectivity index (χ4v) is 4.29. The molecule has 4 N–H and O–H groups in total. The van der Waals surface area contributed by atoms with Crippen molar-refractivity contribution in [1.29, 1.82) is 0 Å². The maximum Gasteiger partial charge on any atom is 0.320 e. The van der Waals surface area contributed by atoms with Gasteiger partial charge >= 0.3 is 6.03 Å². The largest absolute Gasteiger partial charge is 0.492 e. The zero-order chi connectivity index (χ0) is 27.0. The van der Waals surface area contributed by atoms with Crippen molar-refractivity contribution in [2.75, 3.05) is 36.9 Å². The van der Waals surface area contributed by atoms with Gasteiger partial charge < -0.3 is 19.9 Å². The second-order valence-corrected chi connectivity index (χ2v) is 9.37. The number of anilines is 2. The topological polar surface area (TPSA) is 137 Å². The normalized spacial score (nSPS) is 13.3. The Balaban J connectivity index is 1.08. The molecule has 0 saturated carbocycles. The first-order valence-electron chi connectivity index (χ1n) is 12.9. The molecule has 39 heavy (non-hydrogen) atoms. The van der Waals surface area contributed by atoms with Crippen LogP contribution in [0, 0.1) is 6.92 Å². The summed E-state index contributed by atoms with van der Waals surface area (Å²) in [6, 6.07) is 17.8. The lowest BCUT2D eigenvalue weighted by Gasteiger charge is -2.15. The molecule has 1 saturated heterocycles. The highest BCUT2D eigenvalue weighted by molar-refractivity contribution is 6.04. The van der Waals surface area contributed by atoms with Crippen LogP contribution in [0.3, 0.4) is 0 Å². The number of likely N-dealkylation sites (tertiary alicyclic amines) is 1. The molecule has 0 bridgehead atoms. The third-order valence-corrected chi connectivity index (χ3v) is 6.39. The molecule has 202 valence electrons. The van der Waals surface area contributed by atoms with Crippen molar-refractivity contribution in [3.8, 4) is 17.0 Å². The Morgan fingerprint density at radius 1 is 1.03 bits per heavy atom. The van der Waals surface area contributed by atoms with Gasteiger partial charge in [0.25, 0.3) is 5.91 Å². The summed E-state index contributed by atoms with van der Waals surface area (Å²) >= 11 is 0. The summed E-state index contributed by atoms with van der Waals surface area (Å²) in [5.41, 5.74) is 2.99. The number of carbonyl (C=O) groups excluding carboxylic acids is 2. The number of hydrogen-bond donors (Lipinski definition) is 4. The predicted molar refractivity (Wildman–Crippen MR) is 147 cm³/mol. The first kappa shape index (κ1) is 26.0. The Morgan fingerprint density at radius 3 is 2.51 bits per heavy atom. The smallest absolute Gasteiger partial charge is 0.320 e. The monoisotopic (exact) mass is 529 g/mol. The van der Waals surface area contributed by atoms with Crippen molar-refractivity contribution in [1.82, 2.24) is 25.6 Å².